The summed E-state index contributed by atoms with van der Waals surface area (Å²) in [7, 11) is 0. The molecule has 0 spiro atoms. The number of hydrogen-bond donors (Lipinski definition) is 0. The van der Waals surface area contributed by atoms with Crippen LogP contribution in [0.3, 0.4) is 0 Å². The lowest BCUT2D eigenvalue weighted by atomic mass is 9.97. The highest BCUT2D eigenvalue weighted by Crippen LogP contribution is 2.28. The highest BCUT2D eigenvalue weighted by molar-refractivity contribution is 5.76. The standard InChI is InChI=1S/C23H21F2N5O2/c24-16-6-3-7-17(25)22(16)18-13-26-20(32-18)9-10-21(31)29-11-4-5-15(14-29)23-28-27-19-8-1-2-12-30(19)23/h1-3,6-8,12-13,15H,4-5,9-11,14H2/t15-/m1/s1. The number of pyridine rings is 1. The van der Waals surface area contributed by atoms with Gasteiger partial charge in [-0.15, -0.1) is 10.2 Å². The van der Waals surface area contributed by atoms with Gasteiger partial charge in [0.1, 0.15) is 17.5 Å². The van der Waals surface area contributed by atoms with Crippen molar-refractivity contribution in [2.75, 3.05) is 13.1 Å². The number of amides is 1. The molecule has 0 bridgehead atoms. The number of likely N-dealkylation sites (tertiary alicyclic amines) is 1. The number of nitrogens with zero attached hydrogens (tertiary/aromatic N) is 5. The van der Waals surface area contributed by atoms with Crippen molar-refractivity contribution in [1.29, 1.82) is 0 Å². The molecule has 0 saturated carbocycles. The summed E-state index contributed by atoms with van der Waals surface area (Å²) in [6.45, 7) is 1.26. The van der Waals surface area contributed by atoms with E-state index in [-0.39, 0.29) is 41.9 Å². The fourth-order valence-electron chi connectivity index (χ4n) is 4.20. The van der Waals surface area contributed by atoms with Crippen molar-refractivity contribution in [3.05, 3.63) is 72.1 Å². The first-order valence-electron chi connectivity index (χ1n) is 10.6. The van der Waals surface area contributed by atoms with Crippen molar-refractivity contribution in [3.63, 3.8) is 0 Å². The Bertz CT molecular complexity index is 1250. The highest BCUT2D eigenvalue weighted by Gasteiger charge is 2.28. The molecular weight excluding hydrogens is 416 g/mol. The van der Waals surface area contributed by atoms with Crippen molar-refractivity contribution in [3.8, 4) is 11.3 Å². The van der Waals surface area contributed by atoms with Crippen LogP contribution in [0.15, 0.2) is 53.2 Å². The van der Waals surface area contributed by atoms with E-state index in [2.05, 4.69) is 15.2 Å². The van der Waals surface area contributed by atoms with Crippen LogP contribution in [0.25, 0.3) is 17.0 Å². The van der Waals surface area contributed by atoms with Gasteiger partial charge in [0.15, 0.2) is 17.3 Å². The van der Waals surface area contributed by atoms with E-state index >= 15 is 0 Å². The van der Waals surface area contributed by atoms with Gasteiger partial charge in [0.05, 0.1) is 11.8 Å². The molecule has 5 rings (SSSR count). The molecule has 1 saturated heterocycles. The Kier molecular flexibility index (Phi) is 5.38. The van der Waals surface area contributed by atoms with Crippen LogP contribution >= 0.6 is 0 Å². The van der Waals surface area contributed by atoms with Crippen LogP contribution in [0.5, 0.6) is 0 Å². The molecule has 1 aromatic carbocycles. The number of aryl methyl sites for hydroxylation is 1. The fourth-order valence-corrected chi connectivity index (χ4v) is 4.20. The number of oxazole rings is 1. The third-order valence-electron chi connectivity index (χ3n) is 5.79. The van der Waals surface area contributed by atoms with Gasteiger partial charge in [-0.1, -0.05) is 12.1 Å². The molecule has 1 atom stereocenters. The summed E-state index contributed by atoms with van der Waals surface area (Å²) in [6.07, 6.45) is 5.50. The first kappa shape index (κ1) is 20.3. The molecule has 7 nitrogen and oxygen atoms in total. The normalized spacial score (nSPS) is 16.6. The fraction of sp³-hybridized carbons (Fsp3) is 0.304. The number of carbonyl (C=O) groups is 1. The van der Waals surface area contributed by atoms with Crippen LogP contribution in [-0.4, -0.2) is 43.5 Å². The van der Waals surface area contributed by atoms with E-state index in [4.69, 9.17) is 4.42 Å². The Balaban J connectivity index is 1.23. The smallest absolute Gasteiger partial charge is 0.223 e. The molecule has 0 N–H and O–H groups in total. The first-order chi connectivity index (χ1) is 15.6. The van der Waals surface area contributed by atoms with E-state index < -0.39 is 11.6 Å². The zero-order valence-electron chi connectivity index (χ0n) is 17.2. The van der Waals surface area contributed by atoms with E-state index in [1.165, 1.54) is 12.3 Å². The molecule has 164 valence electrons. The van der Waals surface area contributed by atoms with Gasteiger partial charge >= 0.3 is 0 Å². The second-order valence-corrected chi connectivity index (χ2v) is 7.88. The van der Waals surface area contributed by atoms with E-state index in [9.17, 15) is 13.6 Å². The van der Waals surface area contributed by atoms with Crippen LogP contribution in [0, 0.1) is 11.6 Å². The number of carbonyl (C=O) groups excluding carboxylic acids is 1. The van der Waals surface area contributed by atoms with Crippen LogP contribution in [0.4, 0.5) is 8.78 Å². The van der Waals surface area contributed by atoms with E-state index in [1.807, 2.05) is 33.7 Å². The van der Waals surface area contributed by atoms with Crippen molar-refractivity contribution >= 4 is 11.6 Å². The lowest BCUT2D eigenvalue weighted by Crippen LogP contribution is -2.39. The molecule has 0 radical (unpaired) electrons. The lowest BCUT2D eigenvalue weighted by molar-refractivity contribution is -0.132. The Morgan fingerprint density at radius 3 is 2.81 bits per heavy atom. The van der Waals surface area contributed by atoms with Crippen LogP contribution in [0.2, 0.25) is 0 Å². The summed E-state index contributed by atoms with van der Waals surface area (Å²) in [4.78, 5) is 18.8. The van der Waals surface area contributed by atoms with Crippen molar-refractivity contribution in [1.82, 2.24) is 24.5 Å². The second kappa shape index (κ2) is 8.49. The molecule has 1 fully saturated rings. The van der Waals surface area contributed by atoms with Crippen molar-refractivity contribution in [2.45, 2.75) is 31.6 Å². The number of piperidine rings is 1. The second-order valence-electron chi connectivity index (χ2n) is 7.88. The summed E-state index contributed by atoms with van der Waals surface area (Å²) in [5.41, 5.74) is 0.536. The zero-order chi connectivity index (χ0) is 22.1. The van der Waals surface area contributed by atoms with Gasteiger partial charge in [0.2, 0.25) is 5.91 Å². The minimum atomic E-state index is -0.718. The predicted octanol–water partition coefficient (Wildman–Crippen LogP) is 4.00. The molecule has 1 aliphatic heterocycles. The monoisotopic (exact) mass is 437 g/mol. The Morgan fingerprint density at radius 2 is 1.97 bits per heavy atom. The molecule has 4 heterocycles. The molecule has 3 aromatic heterocycles. The zero-order valence-corrected chi connectivity index (χ0v) is 17.2. The average Bonchev–Trinajstić information content (AvgIpc) is 3.45. The number of aromatic nitrogens is 4. The molecule has 9 heteroatoms. The van der Waals surface area contributed by atoms with Crippen LogP contribution in [-0.2, 0) is 11.2 Å². The van der Waals surface area contributed by atoms with Crippen molar-refractivity contribution < 1.29 is 18.0 Å². The molecule has 4 aromatic rings. The summed E-state index contributed by atoms with van der Waals surface area (Å²) < 4.78 is 35.4. The quantitative estimate of drug-likeness (QED) is 0.472. The maximum absolute atomic E-state index is 14.0. The van der Waals surface area contributed by atoms with Crippen LogP contribution < -0.4 is 0 Å². The maximum Gasteiger partial charge on any atom is 0.223 e. The van der Waals surface area contributed by atoms with Gasteiger partial charge in [-0.2, -0.15) is 0 Å². The molecule has 32 heavy (non-hydrogen) atoms. The Hall–Kier alpha value is -3.62. The first-order valence-corrected chi connectivity index (χ1v) is 10.6. The van der Waals surface area contributed by atoms with Gasteiger partial charge < -0.3 is 9.32 Å². The Morgan fingerprint density at radius 1 is 1.12 bits per heavy atom. The SMILES string of the molecule is O=C(CCc1ncc(-c2c(F)cccc2F)o1)N1CCC[C@@H](c2nnc3ccccn23)C1. The molecular formula is C23H21F2N5O2. The minimum absolute atomic E-state index is 0.0136. The van der Waals surface area contributed by atoms with Crippen molar-refractivity contribution in [2.24, 2.45) is 0 Å². The third kappa shape index (κ3) is 3.86. The number of fused-ring (bicyclic) bond motifs is 1. The Labute approximate surface area is 182 Å². The summed E-state index contributed by atoms with van der Waals surface area (Å²) >= 11 is 0. The summed E-state index contributed by atoms with van der Waals surface area (Å²) in [5.74, 6) is -0.189. The molecule has 0 aliphatic carbocycles. The average molecular weight is 437 g/mol. The third-order valence-corrected chi connectivity index (χ3v) is 5.79. The summed E-state index contributed by atoms with van der Waals surface area (Å²) in [6, 6.07) is 9.37. The maximum atomic E-state index is 14.0. The molecule has 1 amide bonds. The number of rotatable bonds is 5. The molecule has 0 unspecified atom stereocenters. The summed E-state index contributed by atoms with van der Waals surface area (Å²) in [5, 5.41) is 8.56. The number of halogens is 2. The van der Waals surface area contributed by atoms with Gasteiger partial charge in [-0.3, -0.25) is 9.20 Å². The van der Waals surface area contributed by atoms with Gasteiger partial charge in [0.25, 0.3) is 0 Å². The lowest BCUT2D eigenvalue weighted by Gasteiger charge is -2.32. The molecule has 1 aliphatic rings. The highest BCUT2D eigenvalue weighted by atomic mass is 19.1. The topological polar surface area (TPSA) is 76.5 Å². The van der Waals surface area contributed by atoms with Gasteiger partial charge in [0, 0.05) is 38.0 Å². The number of hydrogen-bond acceptors (Lipinski definition) is 5. The van der Waals surface area contributed by atoms with Gasteiger partial charge in [-0.05, 0) is 37.1 Å². The minimum Gasteiger partial charge on any atom is -0.441 e. The van der Waals surface area contributed by atoms with Gasteiger partial charge in [-0.25, -0.2) is 13.8 Å². The van der Waals surface area contributed by atoms with E-state index in [0.717, 1.165) is 36.4 Å². The van der Waals surface area contributed by atoms with E-state index in [0.29, 0.717) is 13.1 Å². The largest absolute Gasteiger partial charge is 0.441 e. The van der Waals surface area contributed by atoms with E-state index in [1.54, 1.807) is 0 Å². The predicted molar refractivity (Wildman–Crippen MR) is 112 cm³/mol. The number of benzene rings is 1. The van der Waals surface area contributed by atoms with Crippen LogP contribution in [0.1, 0.15) is 36.9 Å².